The molecular formula is C14H22N2O3. The van der Waals surface area contributed by atoms with Gasteiger partial charge in [-0.25, -0.2) is 0 Å². The molecular weight excluding hydrogens is 244 g/mol. The van der Waals surface area contributed by atoms with Crippen LogP contribution in [0.15, 0.2) is 18.2 Å². The smallest absolute Gasteiger partial charge is 0.253 e. The third-order valence-electron chi connectivity index (χ3n) is 2.59. The van der Waals surface area contributed by atoms with Crippen molar-refractivity contribution in [3.05, 3.63) is 23.8 Å². The van der Waals surface area contributed by atoms with Crippen LogP contribution in [0.5, 0.6) is 5.75 Å². The van der Waals surface area contributed by atoms with Gasteiger partial charge >= 0.3 is 0 Å². The lowest BCUT2D eigenvalue weighted by molar-refractivity contribution is 0.0754. The molecule has 0 heterocycles. The number of phenols is 1. The number of nitrogens with one attached hydrogen (secondary N) is 1. The summed E-state index contributed by atoms with van der Waals surface area (Å²) in [6.45, 7) is 5.25. The van der Waals surface area contributed by atoms with Crippen LogP contribution in [0.2, 0.25) is 0 Å². The minimum atomic E-state index is -0.266. The van der Waals surface area contributed by atoms with Crippen LogP contribution in [0.1, 0.15) is 37.0 Å². The summed E-state index contributed by atoms with van der Waals surface area (Å²) in [5, 5.41) is 12.1. The molecule has 19 heavy (non-hydrogen) atoms. The van der Waals surface area contributed by atoms with E-state index in [-0.39, 0.29) is 17.8 Å². The second-order valence-electron chi connectivity index (χ2n) is 4.65. The summed E-state index contributed by atoms with van der Waals surface area (Å²) >= 11 is 0. The monoisotopic (exact) mass is 266 g/mol. The second-order valence-corrected chi connectivity index (χ2v) is 4.65. The molecule has 4 N–H and O–H groups in total. The number of phenolic OH excluding ortho intramolecular Hbond substituents is 1. The van der Waals surface area contributed by atoms with E-state index < -0.39 is 0 Å². The third kappa shape index (κ3) is 5.61. The standard InChI is InChI=1S/C14H22N2O3/c1-10(2)19-8-4-3-7-16-14(18)12-9-11(17)5-6-13(12)15/h5-6,9-10,17H,3-4,7-8,15H2,1-2H3,(H,16,18). The van der Waals surface area contributed by atoms with Gasteiger partial charge in [0, 0.05) is 18.8 Å². The van der Waals surface area contributed by atoms with Crippen molar-refractivity contribution in [1.29, 1.82) is 0 Å². The van der Waals surface area contributed by atoms with E-state index in [2.05, 4.69) is 5.32 Å². The fourth-order valence-corrected chi connectivity index (χ4v) is 1.58. The summed E-state index contributed by atoms with van der Waals surface area (Å²) in [5.41, 5.74) is 6.35. The average Bonchev–Trinajstić information content (AvgIpc) is 2.36. The molecule has 106 valence electrons. The number of nitrogens with two attached hydrogens (primary N) is 1. The molecule has 1 aromatic carbocycles. The van der Waals surface area contributed by atoms with E-state index in [1.54, 1.807) is 0 Å². The Morgan fingerprint density at radius 3 is 2.84 bits per heavy atom. The molecule has 1 amide bonds. The lowest BCUT2D eigenvalue weighted by atomic mass is 10.1. The topological polar surface area (TPSA) is 84.6 Å². The van der Waals surface area contributed by atoms with Crippen molar-refractivity contribution < 1.29 is 14.6 Å². The molecule has 5 nitrogen and oxygen atoms in total. The molecule has 1 aromatic rings. The van der Waals surface area contributed by atoms with Crippen LogP contribution in [0, 0.1) is 0 Å². The zero-order valence-electron chi connectivity index (χ0n) is 11.5. The highest BCUT2D eigenvalue weighted by atomic mass is 16.5. The Hall–Kier alpha value is -1.75. The first kappa shape index (κ1) is 15.3. The maximum Gasteiger partial charge on any atom is 0.253 e. The van der Waals surface area contributed by atoms with Crippen molar-refractivity contribution in [1.82, 2.24) is 5.32 Å². The van der Waals surface area contributed by atoms with Gasteiger partial charge in [-0.15, -0.1) is 0 Å². The lowest BCUT2D eigenvalue weighted by Crippen LogP contribution is -2.25. The van der Waals surface area contributed by atoms with Crippen molar-refractivity contribution in [2.45, 2.75) is 32.8 Å². The predicted molar refractivity (Wildman–Crippen MR) is 75.2 cm³/mol. The first-order valence-corrected chi connectivity index (χ1v) is 6.49. The molecule has 0 unspecified atom stereocenters. The number of hydrogen-bond acceptors (Lipinski definition) is 4. The number of anilines is 1. The van der Waals surface area contributed by atoms with Crippen LogP contribution in [0.3, 0.4) is 0 Å². The zero-order valence-corrected chi connectivity index (χ0v) is 11.5. The van der Waals surface area contributed by atoms with Gasteiger partial charge in [-0.2, -0.15) is 0 Å². The lowest BCUT2D eigenvalue weighted by Gasteiger charge is -2.09. The van der Waals surface area contributed by atoms with Crippen molar-refractivity contribution in [2.75, 3.05) is 18.9 Å². The minimum Gasteiger partial charge on any atom is -0.508 e. The van der Waals surface area contributed by atoms with Gasteiger partial charge in [0.15, 0.2) is 0 Å². The highest BCUT2D eigenvalue weighted by Gasteiger charge is 2.09. The maximum absolute atomic E-state index is 11.8. The number of carbonyl (C=O) groups excluding carboxylic acids is 1. The fourth-order valence-electron chi connectivity index (χ4n) is 1.58. The molecule has 0 saturated carbocycles. The van der Waals surface area contributed by atoms with Crippen LogP contribution in [0.4, 0.5) is 5.69 Å². The van der Waals surface area contributed by atoms with E-state index in [1.165, 1.54) is 18.2 Å². The Morgan fingerprint density at radius 1 is 1.42 bits per heavy atom. The molecule has 0 spiro atoms. The van der Waals surface area contributed by atoms with Crippen molar-refractivity contribution in [3.8, 4) is 5.75 Å². The predicted octanol–water partition coefficient (Wildman–Crippen LogP) is 1.91. The van der Waals surface area contributed by atoms with Crippen molar-refractivity contribution in [2.24, 2.45) is 0 Å². The van der Waals surface area contributed by atoms with Crippen LogP contribution in [0.25, 0.3) is 0 Å². The number of hydrogen-bond donors (Lipinski definition) is 3. The van der Waals surface area contributed by atoms with Crippen LogP contribution >= 0.6 is 0 Å². The molecule has 0 radical (unpaired) electrons. The van der Waals surface area contributed by atoms with Gasteiger partial charge < -0.3 is 20.9 Å². The quantitative estimate of drug-likeness (QED) is 0.400. The summed E-state index contributed by atoms with van der Waals surface area (Å²) < 4.78 is 5.40. The molecule has 0 fully saturated rings. The Bertz CT molecular complexity index is 419. The van der Waals surface area contributed by atoms with Gasteiger partial charge in [0.25, 0.3) is 5.91 Å². The first-order chi connectivity index (χ1) is 9.00. The summed E-state index contributed by atoms with van der Waals surface area (Å²) in [5.74, 6) is -0.233. The molecule has 0 aliphatic rings. The molecule has 5 heteroatoms. The number of carbonyl (C=O) groups is 1. The summed E-state index contributed by atoms with van der Waals surface area (Å²) in [7, 11) is 0. The largest absolute Gasteiger partial charge is 0.508 e. The third-order valence-corrected chi connectivity index (χ3v) is 2.59. The van der Waals surface area contributed by atoms with Crippen LogP contribution in [-0.4, -0.2) is 30.3 Å². The number of benzene rings is 1. The first-order valence-electron chi connectivity index (χ1n) is 6.49. The molecule has 0 bridgehead atoms. The maximum atomic E-state index is 11.8. The normalized spacial score (nSPS) is 10.7. The Morgan fingerprint density at radius 2 is 2.16 bits per heavy atom. The summed E-state index contributed by atoms with van der Waals surface area (Å²) in [6, 6.07) is 4.34. The van der Waals surface area contributed by atoms with E-state index in [0.29, 0.717) is 24.4 Å². The number of amides is 1. The highest BCUT2D eigenvalue weighted by Crippen LogP contribution is 2.18. The molecule has 0 atom stereocenters. The van der Waals surface area contributed by atoms with E-state index in [1.807, 2.05) is 13.8 Å². The van der Waals surface area contributed by atoms with Crippen molar-refractivity contribution >= 4 is 11.6 Å². The molecule has 0 aliphatic heterocycles. The van der Waals surface area contributed by atoms with Crippen LogP contribution in [-0.2, 0) is 4.74 Å². The number of nitrogen functional groups attached to an aromatic ring is 1. The van der Waals surface area contributed by atoms with Gasteiger partial charge in [-0.05, 0) is 44.9 Å². The number of ether oxygens (including phenoxy) is 1. The summed E-state index contributed by atoms with van der Waals surface area (Å²) in [4.78, 5) is 11.8. The molecule has 0 saturated heterocycles. The SMILES string of the molecule is CC(C)OCCCCNC(=O)c1cc(O)ccc1N. The van der Waals surface area contributed by atoms with E-state index >= 15 is 0 Å². The van der Waals surface area contributed by atoms with Gasteiger partial charge in [-0.3, -0.25) is 4.79 Å². The Kier molecular flexibility index (Phi) is 6.15. The minimum absolute atomic E-state index is 0.0321. The number of rotatable bonds is 7. The average molecular weight is 266 g/mol. The Labute approximate surface area is 113 Å². The van der Waals surface area contributed by atoms with Gasteiger partial charge in [0.2, 0.25) is 0 Å². The molecule has 0 aromatic heterocycles. The summed E-state index contributed by atoms with van der Waals surface area (Å²) in [6.07, 6.45) is 1.98. The van der Waals surface area contributed by atoms with Crippen molar-refractivity contribution in [3.63, 3.8) is 0 Å². The van der Waals surface area contributed by atoms with Gasteiger partial charge in [0.1, 0.15) is 5.75 Å². The van der Waals surface area contributed by atoms with E-state index in [0.717, 1.165) is 12.8 Å². The highest BCUT2D eigenvalue weighted by molar-refractivity contribution is 5.99. The van der Waals surface area contributed by atoms with Gasteiger partial charge in [-0.1, -0.05) is 0 Å². The molecule has 1 rings (SSSR count). The zero-order chi connectivity index (χ0) is 14.3. The van der Waals surface area contributed by atoms with Crippen LogP contribution < -0.4 is 11.1 Å². The molecule has 0 aliphatic carbocycles. The van der Waals surface area contributed by atoms with Gasteiger partial charge in [0.05, 0.1) is 11.7 Å². The van der Waals surface area contributed by atoms with E-state index in [9.17, 15) is 9.90 Å². The van der Waals surface area contributed by atoms with E-state index in [4.69, 9.17) is 10.5 Å². The Balaban J connectivity index is 2.29. The fraction of sp³-hybridized carbons (Fsp3) is 0.500. The number of unbranched alkanes of at least 4 members (excludes halogenated alkanes) is 1. The number of aromatic hydroxyl groups is 1. The second kappa shape index (κ2) is 7.63.